The van der Waals surface area contributed by atoms with E-state index in [0.29, 0.717) is 27.9 Å². The first-order valence-corrected chi connectivity index (χ1v) is 7.84. The minimum atomic E-state index is -1.08. The van der Waals surface area contributed by atoms with E-state index in [4.69, 9.17) is 0 Å². The second-order valence-electron chi connectivity index (χ2n) is 5.50. The Labute approximate surface area is 149 Å². The number of benzene rings is 2. The summed E-state index contributed by atoms with van der Waals surface area (Å²) < 4.78 is 0. The highest BCUT2D eigenvalue weighted by Crippen LogP contribution is 2.21. The number of carboxylic acids is 1. The fraction of sp³-hybridized carbons (Fsp3) is 0.0526. The van der Waals surface area contributed by atoms with Gasteiger partial charge in [0, 0.05) is 22.8 Å². The van der Waals surface area contributed by atoms with Crippen molar-refractivity contribution in [2.75, 3.05) is 5.32 Å². The largest absolute Gasteiger partial charge is 0.478 e. The number of carboxylic acid groups (broad SMARTS) is 1. The number of nitrogens with zero attached hydrogens (tertiary/aromatic N) is 2. The van der Waals surface area contributed by atoms with E-state index in [-0.39, 0.29) is 5.56 Å². The zero-order valence-corrected chi connectivity index (χ0v) is 13.9. The third-order valence-corrected chi connectivity index (χ3v) is 3.74. The van der Waals surface area contributed by atoms with Crippen molar-refractivity contribution in [2.45, 2.75) is 6.92 Å². The molecule has 0 spiro atoms. The van der Waals surface area contributed by atoms with Crippen LogP contribution in [-0.4, -0.2) is 27.8 Å². The molecule has 0 saturated heterocycles. The number of nitrogens with one attached hydrogen (secondary N) is 2. The van der Waals surface area contributed by atoms with Crippen LogP contribution in [0.2, 0.25) is 0 Å². The van der Waals surface area contributed by atoms with Gasteiger partial charge in [-0.05, 0) is 25.1 Å². The van der Waals surface area contributed by atoms with Crippen LogP contribution < -0.4 is 10.7 Å². The van der Waals surface area contributed by atoms with Crippen LogP contribution in [0, 0.1) is 0 Å². The van der Waals surface area contributed by atoms with Crippen molar-refractivity contribution in [1.82, 2.24) is 10.4 Å². The minimum absolute atomic E-state index is 0.0992. The van der Waals surface area contributed by atoms with Gasteiger partial charge in [-0.1, -0.05) is 36.4 Å². The molecule has 0 saturated carbocycles. The van der Waals surface area contributed by atoms with Crippen molar-refractivity contribution in [2.24, 2.45) is 5.10 Å². The summed E-state index contributed by atoms with van der Waals surface area (Å²) in [6.07, 6.45) is 1.45. The normalized spacial score (nSPS) is 11.2. The number of carbonyl (C=O) groups is 2. The number of hydrogen-bond acceptors (Lipinski definition) is 4. The molecule has 0 radical (unpaired) electrons. The van der Waals surface area contributed by atoms with Gasteiger partial charge in [-0.2, -0.15) is 5.10 Å². The lowest BCUT2D eigenvalue weighted by molar-refractivity contribution is 0.0698. The second kappa shape index (κ2) is 7.43. The van der Waals surface area contributed by atoms with Crippen molar-refractivity contribution in [1.29, 1.82) is 0 Å². The van der Waals surface area contributed by atoms with Gasteiger partial charge in [-0.15, -0.1) is 0 Å². The predicted molar refractivity (Wildman–Crippen MR) is 99.5 cm³/mol. The minimum Gasteiger partial charge on any atom is -0.478 e. The smallest absolute Gasteiger partial charge is 0.339 e. The zero-order chi connectivity index (χ0) is 18.5. The van der Waals surface area contributed by atoms with Crippen LogP contribution in [0.25, 0.3) is 10.9 Å². The number of urea groups is 1. The fourth-order valence-electron chi connectivity index (χ4n) is 2.52. The average Bonchev–Trinajstić information content (AvgIpc) is 2.65. The van der Waals surface area contributed by atoms with Gasteiger partial charge in [0.05, 0.1) is 16.8 Å². The Balaban J connectivity index is 1.86. The molecular weight excluding hydrogens is 332 g/mol. The number of hydrogen-bond donors (Lipinski definition) is 3. The number of para-hydroxylation sites is 2. The van der Waals surface area contributed by atoms with Crippen LogP contribution in [0.5, 0.6) is 0 Å². The number of aromatic nitrogens is 1. The van der Waals surface area contributed by atoms with Gasteiger partial charge in [0.2, 0.25) is 0 Å². The first-order valence-electron chi connectivity index (χ1n) is 7.84. The molecule has 7 heteroatoms. The Kier molecular flexibility index (Phi) is 4.89. The summed E-state index contributed by atoms with van der Waals surface area (Å²) in [5.41, 5.74) is 4.34. The molecule has 0 fully saturated rings. The Morgan fingerprint density at radius 1 is 1.04 bits per heavy atom. The molecule has 2 amide bonds. The van der Waals surface area contributed by atoms with Crippen LogP contribution in [0.4, 0.5) is 10.5 Å². The predicted octanol–water partition coefficient (Wildman–Crippen LogP) is 3.48. The number of pyridine rings is 1. The van der Waals surface area contributed by atoms with Crippen LogP contribution >= 0.6 is 0 Å². The van der Waals surface area contributed by atoms with Crippen LogP contribution in [0.1, 0.15) is 22.8 Å². The third-order valence-electron chi connectivity index (χ3n) is 3.74. The molecule has 1 aromatic heterocycles. The van der Waals surface area contributed by atoms with E-state index in [1.807, 2.05) is 6.07 Å². The lowest BCUT2D eigenvalue weighted by Gasteiger charge is -2.09. The Morgan fingerprint density at radius 3 is 2.46 bits per heavy atom. The summed E-state index contributed by atoms with van der Waals surface area (Å²) in [6.45, 7) is 1.61. The average molecular weight is 348 g/mol. The van der Waals surface area contributed by atoms with Gasteiger partial charge in [-0.25, -0.2) is 15.0 Å². The van der Waals surface area contributed by atoms with Gasteiger partial charge in [0.1, 0.15) is 0 Å². The molecule has 3 rings (SSSR count). The third kappa shape index (κ3) is 3.67. The summed E-state index contributed by atoms with van der Waals surface area (Å²) in [6, 6.07) is 15.4. The van der Waals surface area contributed by atoms with Gasteiger partial charge >= 0.3 is 12.0 Å². The van der Waals surface area contributed by atoms with Crippen LogP contribution in [0.3, 0.4) is 0 Å². The molecule has 3 aromatic rings. The van der Waals surface area contributed by atoms with Crippen molar-refractivity contribution < 1.29 is 14.7 Å². The highest BCUT2D eigenvalue weighted by molar-refractivity contribution is 6.14. The van der Waals surface area contributed by atoms with Crippen molar-refractivity contribution in [3.05, 3.63) is 71.9 Å². The standard InChI is InChI=1S/C19H16N4O3/c1-12(22-23-19(26)21-13-7-3-2-4-8-13)15-11-20-16-10-6-5-9-14(16)17(15)18(24)25/h2-11H,1H3,(H,24,25)(H2,21,23,26). The summed E-state index contributed by atoms with van der Waals surface area (Å²) >= 11 is 0. The van der Waals surface area contributed by atoms with Gasteiger partial charge < -0.3 is 10.4 Å². The van der Waals surface area contributed by atoms with E-state index in [1.165, 1.54) is 6.20 Å². The molecule has 0 aliphatic rings. The van der Waals surface area contributed by atoms with Gasteiger partial charge in [0.25, 0.3) is 0 Å². The summed E-state index contributed by atoms with van der Waals surface area (Å²) in [5.74, 6) is -1.08. The zero-order valence-electron chi connectivity index (χ0n) is 13.9. The van der Waals surface area contributed by atoms with E-state index in [1.54, 1.807) is 55.5 Å². The van der Waals surface area contributed by atoms with Gasteiger partial charge in [0.15, 0.2) is 0 Å². The molecule has 130 valence electrons. The Bertz CT molecular complexity index is 1000. The first kappa shape index (κ1) is 17.1. The molecule has 0 bridgehead atoms. The van der Waals surface area contributed by atoms with E-state index >= 15 is 0 Å². The number of anilines is 1. The van der Waals surface area contributed by atoms with Crippen LogP contribution in [-0.2, 0) is 0 Å². The molecule has 0 aliphatic carbocycles. The summed E-state index contributed by atoms with van der Waals surface area (Å²) in [5, 5.41) is 16.7. The second-order valence-corrected chi connectivity index (χ2v) is 5.50. The molecule has 0 unspecified atom stereocenters. The van der Waals surface area contributed by atoms with Crippen molar-refractivity contribution >= 4 is 34.3 Å². The topological polar surface area (TPSA) is 104 Å². The molecular formula is C19H16N4O3. The van der Waals surface area contributed by atoms with Crippen LogP contribution in [0.15, 0.2) is 65.9 Å². The number of carbonyl (C=O) groups excluding carboxylic acids is 1. The number of aromatic carboxylic acids is 1. The summed E-state index contributed by atoms with van der Waals surface area (Å²) in [7, 11) is 0. The maximum atomic E-state index is 11.9. The molecule has 0 atom stereocenters. The Morgan fingerprint density at radius 2 is 1.73 bits per heavy atom. The number of amides is 2. The van der Waals surface area contributed by atoms with E-state index < -0.39 is 12.0 Å². The molecule has 0 aliphatic heterocycles. The summed E-state index contributed by atoms with van der Waals surface area (Å²) in [4.78, 5) is 27.9. The maximum Gasteiger partial charge on any atom is 0.339 e. The van der Waals surface area contributed by atoms with Crippen molar-refractivity contribution in [3.8, 4) is 0 Å². The molecule has 7 nitrogen and oxygen atoms in total. The number of hydrazone groups is 1. The highest BCUT2D eigenvalue weighted by Gasteiger charge is 2.17. The van der Waals surface area contributed by atoms with E-state index in [9.17, 15) is 14.7 Å². The molecule has 2 aromatic carbocycles. The molecule has 26 heavy (non-hydrogen) atoms. The SMILES string of the molecule is CC(=NNC(=O)Nc1ccccc1)c1cnc2ccccc2c1C(=O)O. The van der Waals surface area contributed by atoms with E-state index in [0.717, 1.165) is 0 Å². The Hall–Kier alpha value is -3.74. The highest BCUT2D eigenvalue weighted by atomic mass is 16.4. The van der Waals surface area contributed by atoms with Crippen molar-refractivity contribution in [3.63, 3.8) is 0 Å². The number of rotatable bonds is 4. The van der Waals surface area contributed by atoms with E-state index in [2.05, 4.69) is 20.8 Å². The maximum absolute atomic E-state index is 11.9. The first-order chi connectivity index (χ1) is 12.6. The lowest BCUT2D eigenvalue weighted by atomic mass is 10.0. The van der Waals surface area contributed by atoms with Gasteiger partial charge in [-0.3, -0.25) is 4.98 Å². The fourth-order valence-corrected chi connectivity index (χ4v) is 2.52. The quantitative estimate of drug-likeness (QED) is 0.496. The lowest BCUT2D eigenvalue weighted by Crippen LogP contribution is -2.25. The monoisotopic (exact) mass is 348 g/mol. The molecule has 1 heterocycles. The number of fused-ring (bicyclic) bond motifs is 1. The molecule has 3 N–H and O–H groups in total.